The zero-order valence-electron chi connectivity index (χ0n) is 11.2. The third-order valence-electron chi connectivity index (χ3n) is 3.03. The fraction of sp³-hybridized carbons (Fsp3) is 0.286. The van der Waals surface area contributed by atoms with E-state index in [4.69, 9.17) is 10.5 Å². The van der Waals surface area contributed by atoms with Gasteiger partial charge in [0.25, 0.3) is 0 Å². The van der Waals surface area contributed by atoms with E-state index in [2.05, 4.69) is 10.3 Å². The normalized spacial score (nSPS) is 11.3. The molecule has 0 aliphatic heterocycles. The van der Waals surface area contributed by atoms with Crippen LogP contribution in [0.1, 0.15) is 13.8 Å². The lowest BCUT2D eigenvalue weighted by Crippen LogP contribution is -2.45. The Morgan fingerprint density at radius 1 is 1.32 bits per heavy atom. The Morgan fingerprint density at radius 3 is 2.68 bits per heavy atom. The number of nitrogens with one attached hydrogen (secondary N) is 1. The van der Waals surface area contributed by atoms with Crippen molar-refractivity contribution in [1.29, 1.82) is 0 Å². The number of anilines is 1. The first kappa shape index (κ1) is 13.1. The Hall–Kier alpha value is -2.30. The van der Waals surface area contributed by atoms with E-state index < -0.39 is 11.4 Å². The lowest BCUT2D eigenvalue weighted by atomic mass is 10.0. The van der Waals surface area contributed by atoms with Gasteiger partial charge in [-0.15, -0.1) is 0 Å². The summed E-state index contributed by atoms with van der Waals surface area (Å²) in [6.45, 7) is 3.44. The van der Waals surface area contributed by atoms with Crippen molar-refractivity contribution < 1.29 is 9.53 Å². The van der Waals surface area contributed by atoms with Gasteiger partial charge in [0.2, 0.25) is 5.91 Å². The molecule has 19 heavy (non-hydrogen) atoms. The topological polar surface area (TPSA) is 77.2 Å². The molecule has 0 saturated heterocycles. The first-order valence-electron chi connectivity index (χ1n) is 5.95. The van der Waals surface area contributed by atoms with Crippen LogP contribution in [0.2, 0.25) is 0 Å². The van der Waals surface area contributed by atoms with E-state index in [1.165, 1.54) is 0 Å². The highest BCUT2D eigenvalue weighted by atomic mass is 16.5. The average molecular weight is 259 g/mol. The molecule has 1 aromatic carbocycles. The number of hydrogen-bond donors (Lipinski definition) is 2. The Morgan fingerprint density at radius 2 is 2.05 bits per heavy atom. The number of rotatable bonds is 4. The number of carbonyl (C=O) groups is 1. The molecule has 0 atom stereocenters. The number of nitrogens with two attached hydrogens (primary N) is 1. The van der Waals surface area contributed by atoms with Gasteiger partial charge in [-0.1, -0.05) is 12.1 Å². The molecule has 5 heteroatoms. The minimum absolute atomic E-state index is 0.436. The van der Waals surface area contributed by atoms with E-state index in [9.17, 15) is 4.79 Å². The third kappa shape index (κ3) is 2.45. The fourth-order valence-corrected chi connectivity index (χ4v) is 1.81. The quantitative estimate of drug-likeness (QED) is 0.879. The second-order valence-corrected chi connectivity index (χ2v) is 4.83. The van der Waals surface area contributed by atoms with Crippen LogP contribution in [0.25, 0.3) is 10.8 Å². The summed E-state index contributed by atoms with van der Waals surface area (Å²) in [5, 5.41) is 4.89. The average Bonchev–Trinajstić information content (AvgIpc) is 2.38. The minimum atomic E-state index is -0.871. The van der Waals surface area contributed by atoms with Crippen molar-refractivity contribution in [3.05, 3.63) is 30.5 Å². The Balaban J connectivity index is 2.53. The molecule has 100 valence electrons. The number of methoxy groups -OCH3 is 1. The fourth-order valence-electron chi connectivity index (χ4n) is 1.81. The molecule has 2 aromatic rings. The van der Waals surface area contributed by atoms with E-state index in [0.29, 0.717) is 5.82 Å². The summed E-state index contributed by atoms with van der Waals surface area (Å²) in [5.74, 6) is 0.939. The van der Waals surface area contributed by atoms with Gasteiger partial charge in [0.1, 0.15) is 17.1 Å². The maximum Gasteiger partial charge on any atom is 0.242 e. The van der Waals surface area contributed by atoms with E-state index >= 15 is 0 Å². The summed E-state index contributed by atoms with van der Waals surface area (Å²) >= 11 is 0. The maximum atomic E-state index is 11.4. The van der Waals surface area contributed by atoms with Crippen molar-refractivity contribution in [2.75, 3.05) is 12.4 Å². The highest BCUT2D eigenvalue weighted by Gasteiger charge is 2.25. The van der Waals surface area contributed by atoms with Crippen LogP contribution < -0.4 is 15.8 Å². The lowest BCUT2D eigenvalue weighted by molar-refractivity contribution is -0.121. The van der Waals surface area contributed by atoms with E-state index in [0.717, 1.165) is 16.5 Å². The lowest BCUT2D eigenvalue weighted by Gasteiger charge is -2.23. The molecule has 3 N–H and O–H groups in total. The van der Waals surface area contributed by atoms with Crippen LogP contribution in [0.15, 0.2) is 30.5 Å². The van der Waals surface area contributed by atoms with Gasteiger partial charge < -0.3 is 15.8 Å². The number of aromatic nitrogens is 1. The molecular formula is C14H17N3O2. The molecule has 0 bridgehead atoms. The first-order chi connectivity index (χ1) is 8.95. The van der Waals surface area contributed by atoms with Gasteiger partial charge in [0.15, 0.2) is 0 Å². The van der Waals surface area contributed by atoms with Crippen LogP contribution in [0, 0.1) is 0 Å². The summed E-state index contributed by atoms with van der Waals surface area (Å²) in [7, 11) is 1.62. The third-order valence-corrected chi connectivity index (χ3v) is 3.03. The maximum absolute atomic E-state index is 11.4. The molecule has 0 fully saturated rings. The molecule has 2 rings (SSSR count). The monoisotopic (exact) mass is 259 g/mol. The molecule has 0 unspecified atom stereocenters. The van der Waals surface area contributed by atoms with Crippen LogP contribution in [-0.4, -0.2) is 23.5 Å². The summed E-state index contributed by atoms with van der Waals surface area (Å²) in [6.07, 6.45) is 1.67. The van der Waals surface area contributed by atoms with Crippen molar-refractivity contribution in [2.24, 2.45) is 5.73 Å². The Labute approximate surface area is 111 Å². The minimum Gasteiger partial charge on any atom is -0.496 e. The van der Waals surface area contributed by atoms with Crippen molar-refractivity contribution in [3.8, 4) is 5.75 Å². The number of ether oxygens (including phenoxy) is 1. The number of benzene rings is 1. The molecule has 0 aliphatic rings. The van der Waals surface area contributed by atoms with Gasteiger partial charge in [-0.25, -0.2) is 4.98 Å². The smallest absolute Gasteiger partial charge is 0.242 e. The van der Waals surface area contributed by atoms with Gasteiger partial charge in [-0.05, 0) is 26.0 Å². The van der Waals surface area contributed by atoms with Gasteiger partial charge in [0, 0.05) is 17.0 Å². The molecule has 1 aromatic heterocycles. The number of nitrogens with zero attached hydrogens (tertiary/aromatic N) is 1. The predicted molar refractivity (Wildman–Crippen MR) is 75.2 cm³/mol. The van der Waals surface area contributed by atoms with Crippen molar-refractivity contribution >= 4 is 22.5 Å². The van der Waals surface area contributed by atoms with Gasteiger partial charge in [-0.3, -0.25) is 4.79 Å². The van der Waals surface area contributed by atoms with Gasteiger partial charge >= 0.3 is 0 Å². The molecule has 0 aliphatic carbocycles. The van der Waals surface area contributed by atoms with Crippen LogP contribution in [0.5, 0.6) is 5.75 Å². The van der Waals surface area contributed by atoms with Crippen LogP contribution in [0.3, 0.4) is 0 Å². The zero-order valence-corrected chi connectivity index (χ0v) is 11.2. The summed E-state index contributed by atoms with van der Waals surface area (Å²) < 4.78 is 5.31. The van der Waals surface area contributed by atoms with Gasteiger partial charge in [0.05, 0.1) is 7.11 Å². The molecular weight excluding hydrogens is 242 g/mol. The molecule has 0 radical (unpaired) electrons. The molecule has 1 amide bonds. The SMILES string of the molecule is COc1cccc2c(NC(C)(C)C(N)=O)nccc12. The number of pyridine rings is 1. The number of fused-ring (bicyclic) bond motifs is 1. The standard InChI is InChI=1S/C14H17N3O2/c1-14(2,13(15)18)17-12-10-5-4-6-11(19-3)9(10)7-8-16-12/h4-8H,1-3H3,(H2,15,18)(H,16,17). The zero-order chi connectivity index (χ0) is 14.0. The molecule has 5 nitrogen and oxygen atoms in total. The van der Waals surface area contributed by atoms with E-state index in [1.807, 2.05) is 24.3 Å². The van der Waals surface area contributed by atoms with Crippen molar-refractivity contribution in [2.45, 2.75) is 19.4 Å². The summed E-state index contributed by atoms with van der Waals surface area (Å²) in [4.78, 5) is 15.7. The van der Waals surface area contributed by atoms with Crippen LogP contribution >= 0.6 is 0 Å². The van der Waals surface area contributed by atoms with E-state index in [1.54, 1.807) is 27.2 Å². The largest absolute Gasteiger partial charge is 0.496 e. The van der Waals surface area contributed by atoms with Crippen LogP contribution in [0.4, 0.5) is 5.82 Å². The Bertz CT molecular complexity index is 623. The van der Waals surface area contributed by atoms with E-state index in [-0.39, 0.29) is 0 Å². The van der Waals surface area contributed by atoms with Crippen LogP contribution in [-0.2, 0) is 4.79 Å². The highest BCUT2D eigenvalue weighted by molar-refractivity contribution is 5.97. The number of hydrogen-bond acceptors (Lipinski definition) is 4. The summed E-state index contributed by atoms with van der Waals surface area (Å²) in [5.41, 5.74) is 4.49. The van der Waals surface area contributed by atoms with Crippen molar-refractivity contribution in [3.63, 3.8) is 0 Å². The molecule has 0 spiro atoms. The number of amides is 1. The molecule has 1 heterocycles. The summed E-state index contributed by atoms with van der Waals surface area (Å²) in [6, 6.07) is 7.55. The Kier molecular flexibility index (Phi) is 3.29. The molecule has 0 saturated carbocycles. The van der Waals surface area contributed by atoms with Crippen molar-refractivity contribution in [1.82, 2.24) is 4.98 Å². The van der Waals surface area contributed by atoms with Gasteiger partial charge in [-0.2, -0.15) is 0 Å². The first-order valence-corrected chi connectivity index (χ1v) is 5.95. The predicted octanol–water partition coefficient (Wildman–Crippen LogP) is 1.92. The number of carbonyl (C=O) groups excluding carboxylic acids is 1. The second-order valence-electron chi connectivity index (χ2n) is 4.83. The highest BCUT2D eigenvalue weighted by Crippen LogP contribution is 2.30. The second kappa shape index (κ2) is 4.76. The number of primary amides is 1.